The molecule has 2 heterocycles. The Morgan fingerprint density at radius 3 is 2.78 bits per heavy atom. The molecule has 1 aromatic heterocycles. The van der Waals surface area contributed by atoms with Crippen LogP contribution in [0.1, 0.15) is 37.0 Å². The molecule has 0 spiro atoms. The van der Waals surface area contributed by atoms with Crippen molar-refractivity contribution in [1.29, 1.82) is 0 Å². The highest BCUT2D eigenvalue weighted by Gasteiger charge is 2.36. The molecule has 1 saturated heterocycles. The summed E-state index contributed by atoms with van der Waals surface area (Å²) < 4.78 is 0. The first-order valence-corrected chi connectivity index (χ1v) is 8.32. The van der Waals surface area contributed by atoms with Crippen LogP contribution < -0.4 is 0 Å². The molecule has 2 amide bonds. The first kappa shape index (κ1) is 15.6. The molecule has 1 unspecified atom stereocenters. The summed E-state index contributed by atoms with van der Waals surface area (Å²) in [7, 11) is 0. The van der Waals surface area contributed by atoms with Gasteiger partial charge in [0, 0.05) is 36.9 Å². The number of benzene rings is 1. The molecule has 0 bridgehead atoms. The Kier molecular flexibility index (Phi) is 4.37. The fourth-order valence-electron chi connectivity index (χ4n) is 3.36. The van der Waals surface area contributed by atoms with E-state index in [9.17, 15) is 9.59 Å². The predicted octanol–water partition coefficient (Wildman–Crippen LogP) is 2.64. The fourth-order valence-corrected chi connectivity index (χ4v) is 3.36. The molecule has 0 aliphatic carbocycles. The number of aromatic nitrogens is 1. The van der Waals surface area contributed by atoms with Crippen molar-refractivity contribution in [3.05, 3.63) is 36.0 Å². The minimum absolute atomic E-state index is 0.0514. The molecule has 1 atom stereocenters. The van der Waals surface area contributed by atoms with Crippen LogP contribution in [-0.2, 0) is 4.79 Å². The zero-order valence-electron chi connectivity index (χ0n) is 13.7. The summed E-state index contributed by atoms with van der Waals surface area (Å²) in [4.78, 5) is 32.2. The number of likely N-dealkylation sites (N-methyl/N-ethyl adjacent to an activating group) is 1. The summed E-state index contributed by atoms with van der Waals surface area (Å²) in [6.07, 6.45) is 3.50. The lowest BCUT2D eigenvalue weighted by molar-refractivity contribution is -0.134. The molecule has 122 valence electrons. The second kappa shape index (κ2) is 6.44. The number of H-pyrrole nitrogens is 1. The SMILES string of the molecule is CCN(CC)C(=O)C1CCCN1C(=O)c1ccc2cc[nH]c2c1. The van der Waals surface area contributed by atoms with Gasteiger partial charge in [-0.1, -0.05) is 6.07 Å². The molecule has 1 aliphatic heterocycles. The van der Waals surface area contributed by atoms with Crippen molar-refractivity contribution in [2.75, 3.05) is 19.6 Å². The van der Waals surface area contributed by atoms with E-state index in [0.717, 1.165) is 23.7 Å². The predicted molar refractivity (Wildman–Crippen MR) is 90.3 cm³/mol. The van der Waals surface area contributed by atoms with Crippen molar-refractivity contribution in [1.82, 2.24) is 14.8 Å². The van der Waals surface area contributed by atoms with Gasteiger partial charge in [0.05, 0.1) is 0 Å². The Balaban J connectivity index is 1.83. The quantitative estimate of drug-likeness (QED) is 0.943. The minimum Gasteiger partial charge on any atom is -0.361 e. The number of likely N-dealkylation sites (tertiary alicyclic amines) is 1. The number of carbonyl (C=O) groups excluding carboxylic acids is 2. The maximum atomic E-state index is 12.9. The first-order valence-electron chi connectivity index (χ1n) is 8.32. The number of fused-ring (bicyclic) bond motifs is 1. The maximum absolute atomic E-state index is 12.9. The van der Waals surface area contributed by atoms with Gasteiger partial charge in [-0.15, -0.1) is 0 Å². The van der Waals surface area contributed by atoms with Crippen LogP contribution in [-0.4, -0.2) is 52.3 Å². The summed E-state index contributed by atoms with van der Waals surface area (Å²) in [6.45, 7) is 5.97. The normalized spacial score (nSPS) is 17.7. The van der Waals surface area contributed by atoms with Crippen molar-refractivity contribution >= 4 is 22.7 Å². The molecule has 1 N–H and O–H groups in total. The molecule has 3 rings (SSSR count). The lowest BCUT2D eigenvalue weighted by Gasteiger charge is -2.29. The zero-order valence-corrected chi connectivity index (χ0v) is 13.7. The number of aromatic amines is 1. The molecule has 1 fully saturated rings. The van der Waals surface area contributed by atoms with Crippen molar-refractivity contribution < 1.29 is 9.59 Å². The molecule has 1 aliphatic rings. The van der Waals surface area contributed by atoms with Crippen LogP contribution in [0.15, 0.2) is 30.5 Å². The van der Waals surface area contributed by atoms with Gasteiger partial charge in [0.15, 0.2) is 0 Å². The number of amides is 2. The number of hydrogen-bond donors (Lipinski definition) is 1. The van der Waals surface area contributed by atoms with E-state index in [1.165, 1.54) is 0 Å². The summed E-state index contributed by atoms with van der Waals surface area (Å²) in [5, 5.41) is 1.08. The zero-order chi connectivity index (χ0) is 16.4. The highest BCUT2D eigenvalue weighted by molar-refractivity contribution is 6.00. The van der Waals surface area contributed by atoms with E-state index in [0.29, 0.717) is 25.2 Å². The van der Waals surface area contributed by atoms with E-state index in [-0.39, 0.29) is 17.9 Å². The average Bonchev–Trinajstić information content (AvgIpc) is 3.23. The Morgan fingerprint density at radius 1 is 1.26 bits per heavy atom. The summed E-state index contributed by atoms with van der Waals surface area (Å²) in [6, 6.07) is 7.31. The molecule has 0 saturated carbocycles. The third kappa shape index (κ3) is 2.83. The van der Waals surface area contributed by atoms with Crippen LogP contribution in [0.4, 0.5) is 0 Å². The molecule has 2 aromatic rings. The molecule has 5 nitrogen and oxygen atoms in total. The van der Waals surface area contributed by atoms with Gasteiger partial charge in [0.25, 0.3) is 5.91 Å². The molecular weight excluding hydrogens is 290 g/mol. The largest absolute Gasteiger partial charge is 0.361 e. The standard InChI is InChI=1S/C18H23N3O2/c1-3-20(4-2)18(23)16-6-5-11-21(16)17(22)14-8-7-13-9-10-19-15(13)12-14/h7-10,12,16,19H,3-6,11H2,1-2H3. The van der Waals surface area contributed by atoms with Gasteiger partial charge < -0.3 is 14.8 Å². The Labute approximate surface area is 136 Å². The van der Waals surface area contributed by atoms with Gasteiger partial charge in [-0.25, -0.2) is 0 Å². The number of nitrogens with zero attached hydrogens (tertiary/aromatic N) is 2. The molecule has 1 aromatic carbocycles. The number of nitrogens with one attached hydrogen (secondary N) is 1. The van der Waals surface area contributed by atoms with Crippen LogP contribution in [0.3, 0.4) is 0 Å². The fraction of sp³-hybridized carbons (Fsp3) is 0.444. The van der Waals surface area contributed by atoms with Gasteiger partial charge in [-0.2, -0.15) is 0 Å². The first-order chi connectivity index (χ1) is 11.2. The summed E-state index contributed by atoms with van der Waals surface area (Å²) in [5.74, 6) is 0.0197. The van der Waals surface area contributed by atoms with Gasteiger partial charge >= 0.3 is 0 Å². The monoisotopic (exact) mass is 313 g/mol. The lowest BCUT2D eigenvalue weighted by atomic mass is 10.1. The van der Waals surface area contributed by atoms with Gasteiger partial charge in [-0.3, -0.25) is 9.59 Å². The van der Waals surface area contributed by atoms with Gasteiger partial charge in [0.2, 0.25) is 5.91 Å². The Hall–Kier alpha value is -2.30. The van der Waals surface area contributed by atoms with Crippen LogP contribution >= 0.6 is 0 Å². The third-order valence-electron chi connectivity index (χ3n) is 4.68. The van der Waals surface area contributed by atoms with Crippen LogP contribution in [0, 0.1) is 0 Å². The van der Waals surface area contributed by atoms with Crippen LogP contribution in [0.2, 0.25) is 0 Å². The Morgan fingerprint density at radius 2 is 2.04 bits per heavy atom. The molecular formula is C18H23N3O2. The highest BCUT2D eigenvalue weighted by atomic mass is 16.2. The Bertz CT molecular complexity index is 718. The van der Waals surface area contributed by atoms with Gasteiger partial charge in [0.1, 0.15) is 6.04 Å². The van der Waals surface area contributed by atoms with Gasteiger partial charge in [-0.05, 0) is 50.3 Å². The molecule has 5 heteroatoms. The van der Waals surface area contributed by atoms with E-state index in [4.69, 9.17) is 0 Å². The second-order valence-corrected chi connectivity index (χ2v) is 5.95. The second-order valence-electron chi connectivity index (χ2n) is 5.95. The summed E-state index contributed by atoms with van der Waals surface area (Å²) >= 11 is 0. The third-order valence-corrected chi connectivity index (χ3v) is 4.68. The maximum Gasteiger partial charge on any atom is 0.254 e. The van der Waals surface area contributed by atoms with Crippen molar-refractivity contribution in [2.45, 2.75) is 32.7 Å². The summed E-state index contributed by atoms with van der Waals surface area (Å²) in [5.41, 5.74) is 1.58. The average molecular weight is 313 g/mol. The van der Waals surface area contributed by atoms with E-state index in [1.54, 1.807) is 4.90 Å². The molecule has 0 radical (unpaired) electrons. The topological polar surface area (TPSA) is 56.4 Å². The van der Waals surface area contributed by atoms with Crippen molar-refractivity contribution in [2.24, 2.45) is 0 Å². The van der Waals surface area contributed by atoms with E-state index < -0.39 is 0 Å². The number of rotatable bonds is 4. The van der Waals surface area contributed by atoms with E-state index >= 15 is 0 Å². The molecule has 23 heavy (non-hydrogen) atoms. The van der Waals surface area contributed by atoms with E-state index in [2.05, 4.69) is 4.98 Å². The lowest BCUT2D eigenvalue weighted by Crippen LogP contribution is -2.47. The number of carbonyl (C=O) groups is 2. The highest BCUT2D eigenvalue weighted by Crippen LogP contribution is 2.23. The van der Waals surface area contributed by atoms with Crippen LogP contribution in [0.25, 0.3) is 10.9 Å². The van der Waals surface area contributed by atoms with Crippen molar-refractivity contribution in [3.63, 3.8) is 0 Å². The van der Waals surface area contributed by atoms with Crippen molar-refractivity contribution in [3.8, 4) is 0 Å². The van der Waals surface area contributed by atoms with E-state index in [1.807, 2.05) is 49.2 Å². The minimum atomic E-state index is -0.318. The number of hydrogen-bond acceptors (Lipinski definition) is 2. The van der Waals surface area contributed by atoms with Crippen LogP contribution in [0.5, 0.6) is 0 Å². The smallest absolute Gasteiger partial charge is 0.254 e.